The van der Waals surface area contributed by atoms with Crippen LogP contribution in [-0.4, -0.2) is 29.9 Å². The first kappa shape index (κ1) is 14.3. The molecule has 0 bridgehead atoms. The largest absolute Gasteiger partial charge is 0.336 e. The van der Waals surface area contributed by atoms with E-state index in [1.165, 1.54) is 6.42 Å². The number of amides is 1. The van der Waals surface area contributed by atoms with Crippen LogP contribution in [0, 0.1) is 8.80 Å². The molecule has 1 heterocycles. The third kappa shape index (κ3) is 2.88. The second-order valence-electron chi connectivity index (χ2n) is 4.72. The van der Waals surface area contributed by atoms with Crippen LogP contribution in [0.25, 0.3) is 0 Å². The molecule has 0 spiro atoms. The molecule has 1 fully saturated rings. The molecule has 1 aliphatic rings. The Morgan fingerprint density at radius 1 is 1.61 bits per heavy atom. The van der Waals surface area contributed by atoms with Crippen LogP contribution in [0.4, 0.5) is 0 Å². The molecule has 1 aromatic heterocycles. The van der Waals surface area contributed by atoms with Gasteiger partial charge in [-0.15, -0.1) is 11.3 Å². The topological polar surface area (TPSA) is 46.3 Å². The number of hydrogen-bond donors (Lipinski definition) is 1. The molecule has 0 aromatic carbocycles. The monoisotopic (exact) mass is 378 g/mol. The SMILES string of the molecule is CCN(C(=O)c1csc(I)c1)C1CCCC1CN. The predicted molar refractivity (Wildman–Crippen MR) is 83.9 cm³/mol. The first-order valence-electron chi connectivity index (χ1n) is 6.42. The number of nitrogens with two attached hydrogens (primary N) is 1. The minimum Gasteiger partial charge on any atom is -0.336 e. The summed E-state index contributed by atoms with van der Waals surface area (Å²) in [6.45, 7) is 3.52. The van der Waals surface area contributed by atoms with E-state index in [-0.39, 0.29) is 5.91 Å². The van der Waals surface area contributed by atoms with Crippen molar-refractivity contribution in [1.82, 2.24) is 4.90 Å². The van der Waals surface area contributed by atoms with E-state index in [0.29, 0.717) is 18.5 Å². The fraction of sp³-hybridized carbons (Fsp3) is 0.615. The Morgan fingerprint density at radius 2 is 2.39 bits per heavy atom. The van der Waals surface area contributed by atoms with Gasteiger partial charge in [-0.2, -0.15) is 0 Å². The van der Waals surface area contributed by atoms with E-state index in [2.05, 4.69) is 29.5 Å². The summed E-state index contributed by atoms with van der Waals surface area (Å²) in [5.41, 5.74) is 6.65. The minimum atomic E-state index is 0.169. The normalized spacial score (nSPS) is 23.3. The molecule has 18 heavy (non-hydrogen) atoms. The minimum absolute atomic E-state index is 0.169. The average molecular weight is 378 g/mol. The van der Waals surface area contributed by atoms with Gasteiger partial charge >= 0.3 is 0 Å². The van der Waals surface area contributed by atoms with Gasteiger partial charge in [-0.3, -0.25) is 4.79 Å². The van der Waals surface area contributed by atoms with Gasteiger partial charge < -0.3 is 10.6 Å². The van der Waals surface area contributed by atoms with E-state index in [9.17, 15) is 4.79 Å². The van der Waals surface area contributed by atoms with Crippen molar-refractivity contribution >= 4 is 39.8 Å². The van der Waals surface area contributed by atoms with Gasteiger partial charge in [0.2, 0.25) is 0 Å². The molecule has 2 rings (SSSR count). The number of halogens is 1. The Morgan fingerprint density at radius 3 is 2.94 bits per heavy atom. The van der Waals surface area contributed by atoms with Crippen molar-refractivity contribution in [1.29, 1.82) is 0 Å². The van der Waals surface area contributed by atoms with E-state index in [0.717, 1.165) is 27.8 Å². The molecule has 1 amide bonds. The van der Waals surface area contributed by atoms with Crippen molar-refractivity contribution < 1.29 is 4.79 Å². The Hall–Kier alpha value is -0.140. The third-order valence-electron chi connectivity index (χ3n) is 3.74. The lowest BCUT2D eigenvalue weighted by atomic mass is 10.0. The van der Waals surface area contributed by atoms with Gasteiger partial charge in [-0.05, 0) is 60.9 Å². The molecule has 5 heteroatoms. The van der Waals surface area contributed by atoms with Crippen molar-refractivity contribution in [3.05, 3.63) is 19.9 Å². The van der Waals surface area contributed by atoms with Crippen LogP contribution in [0.1, 0.15) is 36.5 Å². The molecule has 1 saturated carbocycles. The molecule has 0 aliphatic heterocycles. The third-order valence-corrected chi connectivity index (χ3v) is 5.53. The highest BCUT2D eigenvalue weighted by Gasteiger charge is 2.33. The molecule has 2 unspecified atom stereocenters. The van der Waals surface area contributed by atoms with Crippen molar-refractivity contribution in [3.63, 3.8) is 0 Å². The first-order chi connectivity index (χ1) is 8.67. The molecule has 0 radical (unpaired) electrons. The summed E-state index contributed by atoms with van der Waals surface area (Å²) in [4.78, 5) is 14.5. The zero-order valence-electron chi connectivity index (χ0n) is 10.6. The average Bonchev–Trinajstić information content (AvgIpc) is 2.98. The van der Waals surface area contributed by atoms with E-state index in [4.69, 9.17) is 5.73 Å². The summed E-state index contributed by atoms with van der Waals surface area (Å²) in [6, 6.07) is 2.31. The quantitative estimate of drug-likeness (QED) is 0.819. The Kier molecular flexibility index (Phi) is 5.03. The number of carbonyl (C=O) groups excluding carboxylic acids is 1. The van der Waals surface area contributed by atoms with Crippen LogP contribution in [0.2, 0.25) is 0 Å². The highest BCUT2D eigenvalue weighted by molar-refractivity contribution is 14.1. The first-order valence-corrected chi connectivity index (χ1v) is 8.38. The molecular formula is C13H19IN2OS. The second kappa shape index (κ2) is 6.34. The molecule has 0 saturated heterocycles. The van der Waals surface area contributed by atoms with Gasteiger partial charge in [0.15, 0.2) is 0 Å². The molecular weight excluding hydrogens is 359 g/mol. The molecule has 2 N–H and O–H groups in total. The standard InChI is InChI=1S/C13H19IN2OS/c1-2-16(11-5-3-4-9(11)7-15)13(17)10-6-12(14)18-8-10/h6,8-9,11H,2-5,7,15H2,1H3. The fourth-order valence-electron chi connectivity index (χ4n) is 2.82. The fourth-order valence-corrected chi connectivity index (χ4v) is 4.14. The van der Waals surface area contributed by atoms with Crippen LogP contribution in [0.3, 0.4) is 0 Å². The number of thiophene rings is 1. The number of rotatable bonds is 4. The Balaban J connectivity index is 2.15. The number of hydrogen-bond acceptors (Lipinski definition) is 3. The Labute approximate surface area is 126 Å². The number of carbonyl (C=O) groups is 1. The van der Waals surface area contributed by atoms with Gasteiger partial charge in [-0.25, -0.2) is 0 Å². The van der Waals surface area contributed by atoms with Crippen molar-refractivity contribution in [2.24, 2.45) is 11.7 Å². The highest BCUT2D eigenvalue weighted by Crippen LogP contribution is 2.30. The maximum atomic E-state index is 12.5. The Bertz CT molecular complexity index is 421. The van der Waals surface area contributed by atoms with Gasteiger partial charge in [0.1, 0.15) is 0 Å². The zero-order valence-corrected chi connectivity index (χ0v) is 13.5. The van der Waals surface area contributed by atoms with E-state index < -0.39 is 0 Å². The summed E-state index contributed by atoms with van der Waals surface area (Å²) in [5, 5.41) is 1.96. The van der Waals surface area contributed by atoms with E-state index in [1.54, 1.807) is 11.3 Å². The molecule has 1 aromatic rings. The van der Waals surface area contributed by atoms with E-state index >= 15 is 0 Å². The maximum Gasteiger partial charge on any atom is 0.254 e. The summed E-state index contributed by atoms with van der Waals surface area (Å²) >= 11 is 3.88. The second-order valence-corrected chi connectivity index (χ2v) is 7.53. The van der Waals surface area contributed by atoms with Gasteiger partial charge in [0, 0.05) is 18.0 Å². The van der Waals surface area contributed by atoms with Crippen LogP contribution in [0.5, 0.6) is 0 Å². The molecule has 1 aliphatic carbocycles. The van der Waals surface area contributed by atoms with Crippen LogP contribution < -0.4 is 5.73 Å². The molecule has 100 valence electrons. The zero-order chi connectivity index (χ0) is 13.1. The van der Waals surface area contributed by atoms with E-state index in [1.807, 2.05) is 16.3 Å². The summed E-state index contributed by atoms with van der Waals surface area (Å²) in [7, 11) is 0. The van der Waals surface area contributed by atoms with Gasteiger partial charge in [-0.1, -0.05) is 6.42 Å². The highest BCUT2D eigenvalue weighted by atomic mass is 127. The lowest BCUT2D eigenvalue weighted by molar-refractivity contribution is 0.0652. The van der Waals surface area contributed by atoms with Crippen LogP contribution in [0.15, 0.2) is 11.4 Å². The predicted octanol–water partition coefficient (Wildman–Crippen LogP) is 2.94. The lowest BCUT2D eigenvalue weighted by Gasteiger charge is -2.31. The van der Waals surface area contributed by atoms with Crippen molar-refractivity contribution in [2.45, 2.75) is 32.2 Å². The van der Waals surface area contributed by atoms with Crippen LogP contribution >= 0.6 is 33.9 Å². The van der Waals surface area contributed by atoms with Gasteiger partial charge in [0.05, 0.1) is 8.45 Å². The van der Waals surface area contributed by atoms with Crippen LogP contribution in [-0.2, 0) is 0 Å². The maximum absolute atomic E-state index is 12.5. The summed E-state index contributed by atoms with van der Waals surface area (Å²) < 4.78 is 1.16. The molecule has 3 nitrogen and oxygen atoms in total. The number of nitrogens with zero attached hydrogens (tertiary/aromatic N) is 1. The van der Waals surface area contributed by atoms with Gasteiger partial charge in [0.25, 0.3) is 5.91 Å². The van der Waals surface area contributed by atoms with Crippen molar-refractivity contribution in [2.75, 3.05) is 13.1 Å². The summed E-state index contributed by atoms with van der Waals surface area (Å²) in [6.07, 6.45) is 3.45. The van der Waals surface area contributed by atoms with Crippen molar-refractivity contribution in [3.8, 4) is 0 Å². The lowest BCUT2D eigenvalue weighted by Crippen LogP contribution is -2.44. The summed E-state index contributed by atoms with van der Waals surface area (Å²) in [5.74, 6) is 0.647. The molecule has 2 atom stereocenters. The smallest absolute Gasteiger partial charge is 0.254 e.